The van der Waals surface area contributed by atoms with Gasteiger partial charge in [-0.25, -0.2) is 0 Å². The van der Waals surface area contributed by atoms with Gasteiger partial charge in [0.15, 0.2) is 5.75 Å². The largest absolute Gasteiger partial charge is 0.487 e. The van der Waals surface area contributed by atoms with Gasteiger partial charge >= 0.3 is 5.69 Å². The highest BCUT2D eigenvalue weighted by molar-refractivity contribution is 5.95. The normalized spacial score (nSPS) is 13.4. The Labute approximate surface area is 206 Å². The molecule has 1 saturated heterocycles. The summed E-state index contributed by atoms with van der Waals surface area (Å²) in [6.07, 6.45) is 1.54. The van der Waals surface area contributed by atoms with Crippen LogP contribution in [0.3, 0.4) is 0 Å². The van der Waals surface area contributed by atoms with Crippen molar-refractivity contribution in [3.05, 3.63) is 86.3 Å². The SMILES string of the molecule is CCOc1ccc(C(=O)N2CCN(c3ccc([N+](=O)[O-])c(NCc4ccco4)c3)CC2)cc1[N+](=O)[O-]. The highest BCUT2D eigenvalue weighted by Crippen LogP contribution is 2.31. The number of nitrogens with one attached hydrogen (secondary N) is 1. The van der Waals surface area contributed by atoms with E-state index in [9.17, 15) is 25.0 Å². The first kappa shape index (κ1) is 24.5. The molecule has 1 fully saturated rings. The van der Waals surface area contributed by atoms with Gasteiger partial charge in [-0.3, -0.25) is 25.0 Å². The van der Waals surface area contributed by atoms with Crippen LogP contribution in [0.1, 0.15) is 23.0 Å². The molecule has 2 heterocycles. The highest BCUT2D eigenvalue weighted by atomic mass is 16.6. The number of ether oxygens (including phenoxy) is 1. The van der Waals surface area contributed by atoms with Gasteiger partial charge in [0, 0.05) is 49.6 Å². The molecule has 0 saturated carbocycles. The number of anilines is 2. The van der Waals surface area contributed by atoms with E-state index < -0.39 is 9.85 Å². The zero-order valence-electron chi connectivity index (χ0n) is 19.6. The van der Waals surface area contributed by atoms with Crippen LogP contribution in [0.5, 0.6) is 5.75 Å². The van der Waals surface area contributed by atoms with Crippen LogP contribution in [0.15, 0.2) is 59.2 Å². The predicted octanol–water partition coefficient (Wildman–Crippen LogP) is 4.07. The number of carbonyl (C=O) groups is 1. The second-order valence-corrected chi connectivity index (χ2v) is 8.04. The average molecular weight is 495 g/mol. The number of nitrogens with zero attached hydrogens (tertiary/aromatic N) is 4. The number of amides is 1. The Hall–Kier alpha value is -4.61. The molecule has 0 bridgehead atoms. The summed E-state index contributed by atoms with van der Waals surface area (Å²) in [7, 11) is 0. The van der Waals surface area contributed by atoms with Gasteiger partial charge in [-0.05, 0) is 43.3 Å². The van der Waals surface area contributed by atoms with Gasteiger partial charge in [0.25, 0.3) is 11.6 Å². The van der Waals surface area contributed by atoms with Crippen LogP contribution in [-0.2, 0) is 6.54 Å². The molecule has 1 aliphatic rings. The second-order valence-electron chi connectivity index (χ2n) is 8.04. The molecule has 12 heteroatoms. The van der Waals surface area contributed by atoms with Crippen molar-refractivity contribution in [2.75, 3.05) is 43.0 Å². The fraction of sp³-hybridized carbons (Fsp3) is 0.292. The van der Waals surface area contributed by atoms with Crippen LogP contribution in [0.4, 0.5) is 22.7 Å². The lowest BCUT2D eigenvalue weighted by Gasteiger charge is -2.36. The van der Waals surface area contributed by atoms with Crippen LogP contribution in [0.25, 0.3) is 0 Å². The fourth-order valence-electron chi connectivity index (χ4n) is 4.04. The highest BCUT2D eigenvalue weighted by Gasteiger charge is 2.26. The van der Waals surface area contributed by atoms with E-state index in [-0.39, 0.29) is 35.2 Å². The third kappa shape index (κ3) is 5.37. The van der Waals surface area contributed by atoms with E-state index in [0.29, 0.717) is 44.2 Å². The Morgan fingerprint density at radius 2 is 1.78 bits per heavy atom. The molecular formula is C24H25N5O7. The number of hydrogen-bond donors (Lipinski definition) is 1. The molecule has 0 radical (unpaired) electrons. The van der Waals surface area contributed by atoms with Gasteiger partial charge < -0.3 is 24.3 Å². The Bertz CT molecular complexity index is 1250. The van der Waals surface area contributed by atoms with E-state index in [1.807, 2.05) is 4.90 Å². The number of nitro groups is 2. The lowest BCUT2D eigenvalue weighted by atomic mass is 10.1. The average Bonchev–Trinajstić information content (AvgIpc) is 3.41. The smallest absolute Gasteiger partial charge is 0.311 e. The predicted molar refractivity (Wildman–Crippen MR) is 132 cm³/mol. The molecule has 12 nitrogen and oxygen atoms in total. The van der Waals surface area contributed by atoms with Crippen molar-refractivity contribution in [1.82, 2.24) is 4.90 Å². The molecule has 1 aromatic heterocycles. The van der Waals surface area contributed by atoms with Crippen molar-refractivity contribution in [3.8, 4) is 5.75 Å². The van der Waals surface area contributed by atoms with E-state index in [1.165, 1.54) is 30.5 Å². The van der Waals surface area contributed by atoms with Crippen molar-refractivity contribution in [1.29, 1.82) is 0 Å². The van der Waals surface area contributed by atoms with Crippen molar-refractivity contribution in [2.24, 2.45) is 0 Å². The summed E-state index contributed by atoms with van der Waals surface area (Å²) in [5, 5.41) is 25.9. The molecular weight excluding hydrogens is 470 g/mol. The maximum Gasteiger partial charge on any atom is 0.311 e. The number of furan rings is 1. The van der Waals surface area contributed by atoms with Gasteiger partial charge in [-0.2, -0.15) is 0 Å². The zero-order valence-corrected chi connectivity index (χ0v) is 19.6. The van der Waals surface area contributed by atoms with E-state index in [4.69, 9.17) is 9.15 Å². The monoisotopic (exact) mass is 495 g/mol. The quantitative estimate of drug-likeness (QED) is 0.343. The number of piperazine rings is 1. The zero-order chi connectivity index (χ0) is 25.7. The Balaban J connectivity index is 1.44. The summed E-state index contributed by atoms with van der Waals surface area (Å²) in [6.45, 7) is 4.09. The lowest BCUT2D eigenvalue weighted by Crippen LogP contribution is -2.48. The summed E-state index contributed by atoms with van der Waals surface area (Å²) in [6, 6.07) is 12.6. The Morgan fingerprint density at radius 1 is 1.03 bits per heavy atom. The Kier molecular flexibility index (Phi) is 7.33. The molecule has 188 valence electrons. The van der Waals surface area contributed by atoms with E-state index >= 15 is 0 Å². The van der Waals surface area contributed by atoms with Gasteiger partial charge in [0.05, 0.1) is 29.3 Å². The van der Waals surface area contributed by atoms with Gasteiger partial charge in [0.1, 0.15) is 11.4 Å². The molecule has 0 spiro atoms. The van der Waals surface area contributed by atoms with Crippen molar-refractivity contribution in [2.45, 2.75) is 13.5 Å². The Morgan fingerprint density at radius 3 is 2.42 bits per heavy atom. The topological polar surface area (TPSA) is 144 Å². The first-order valence-electron chi connectivity index (χ1n) is 11.4. The number of nitro benzene ring substituents is 2. The number of hydrogen-bond acceptors (Lipinski definition) is 9. The molecule has 1 aliphatic heterocycles. The lowest BCUT2D eigenvalue weighted by molar-refractivity contribution is -0.385. The van der Waals surface area contributed by atoms with Crippen LogP contribution < -0.4 is 15.0 Å². The minimum atomic E-state index is -0.564. The molecule has 0 aliphatic carbocycles. The summed E-state index contributed by atoms with van der Waals surface area (Å²) in [4.78, 5) is 38.5. The van der Waals surface area contributed by atoms with Gasteiger partial charge in [-0.1, -0.05) is 0 Å². The van der Waals surface area contributed by atoms with Crippen molar-refractivity contribution in [3.63, 3.8) is 0 Å². The summed E-state index contributed by atoms with van der Waals surface area (Å²) >= 11 is 0. The minimum absolute atomic E-state index is 0.0452. The van der Waals surface area contributed by atoms with Gasteiger partial charge in [0.2, 0.25) is 0 Å². The molecule has 0 unspecified atom stereocenters. The first-order chi connectivity index (χ1) is 17.4. The molecule has 1 N–H and O–H groups in total. The van der Waals surface area contributed by atoms with Crippen LogP contribution >= 0.6 is 0 Å². The van der Waals surface area contributed by atoms with E-state index in [2.05, 4.69) is 5.32 Å². The summed E-state index contributed by atoms with van der Waals surface area (Å²) < 4.78 is 10.6. The van der Waals surface area contributed by atoms with Crippen LogP contribution in [0, 0.1) is 20.2 Å². The first-order valence-corrected chi connectivity index (χ1v) is 11.4. The maximum absolute atomic E-state index is 13.0. The molecule has 4 rings (SSSR count). The number of benzene rings is 2. The second kappa shape index (κ2) is 10.8. The van der Waals surface area contributed by atoms with Gasteiger partial charge in [-0.15, -0.1) is 0 Å². The third-order valence-electron chi connectivity index (χ3n) is 5.84. The summed E-state index contributed by atoms with van der Waals surface area (Å²) in [5.74, 6) is 0.472. The molecule has 1 amide bonds. The molecule has 36 heavy (non-hydrogen) atoms. The van der Waals surface area contributed by atoms with Crippen LogP contribution in [-0.4, -0.2) is 53.4 Å². The molecule has 0 atom stereocenters. The van der Waals surface area contributed by atoms with Crippen molar-refractivity contribution >= 4 is 28.7 Å². The maximum atomic E-state index is 13.0. The molecule has 3 aromatic rings. The summed E-state index contributed by atoms with van der Waals surface area (Å²) in [5.41, 5.74) is 1.08. The van der Waals surface area contributed by atoms with E-state index in [0.717, 1.165) is 5.69 Å². The van der Waals surface area contributed by atoms with Crippen LogP contribution in [0.2, 0.25) is 0 Å². The number of rotatable bonds is 9. The fourth-order valence-corrected chi connectivity index (χ4v) is 4.04. The minimum Gasteiger partial charge on any atom is -0.487 e. The third-order valence-corrected chi connectivity index (χ3v) is 5.84. The van der Waals surface area contributed by atoms with Crippen molar-refractivity contribution < 1.29 is 23.8 Å². The standard InChI is InChI=1S/C24H25N5O7/c1-2-35-23-8-5-17(14-22(23)29(33)34)24(30)27-11-9-26(10-12-27)18-6-7-21(28(31)32)20(15-18)25-16-19-4-3-13-36-19/h3-8,13-15,25H,2,9-12,16H2,1H3. The molecule has 2 aromatic carbocycles. The van der Waals surface area contributed by atoms with E-state index in [1.54, 1.807) is 36.1 Å². The number of carbonyl (C=O) groups excluding carboxylic acids is 1.